The minimum atomic E-state index is 0.742. The summed E-state index contributed by atoms with van der Waals surface area (Å²) in [6.45, 7) is 17.3. The lowest BCUT2D eigenvalue weighted by Crippen LogP contribution is -2.28. The Morgan fingerprint density at radius 3 is 1.74 bits per heavy atom. The molecule has 0 spiro atoms. The van der Waals surface area contributed by atoms with Crippen LogP contribution in [0, 0.1) is 11.8 Å². The molecule has 0 aromatic rings. The summed E-state index contributed by atoms with van der Waals surface area (Å²) < 4.78 is 0. The molecule has 0 bridgehead atoms. The summed E-state index contributed by atoms with van der Waals surface area (Å²) in [5.41, 5.74) is 0. The monoisotopic (exact) mass is 264 g/mol. The van der Waals surface area contributed by atoms with Crippen LogP contribution in [0.2, 0.25) is 11.6 Å². The molecule has 112 valence electrons. The van der Waals surface area contributed by atoms with Gasteiger partial charge in [0, 0.05) is 0 Å². The highest BCUT2D eigenvalue weighted by atomic mass is 14.1. The molecule has 0 nitrogen and oxygen atoms in total. The van der Waals surface area contributed by atoms with Crippen LogP contribution in [0.5, 0.6) is 0 Å². The van der Waals surface area contributed by atoms with Crippen molar-refractivity contribution in [1.29, 1.82) is 0 Å². The molecule has 0 heterocycles. The lowest BCUT2D eigenvalue weighted by molar-refractivity contribution is 0.566. The molecule has 0 saturated heterocycles. The van der Waals surface area contributed by atoms with Crippen molar-refractivity contribution in [2.45, 2.75) is 92.2 Å². The number of rotatable bonds is 10. The molecule has 0 N–H and O–H groups in total. The summed E-state index contributed by atoms with van der Waals surface area (Å²) in [5.74, 6) is 5.64. The van der Waals surface area contributed by atoms with E-state index in [4.69, 9.17) is 0 Å². The minimum Gasteiger partial charge on any atom is -0.118 e. The average molecular weight is 264 g/mol. The van der Waals surface area contributed by atoms with Crippen LogP contribution in [-0.4, -0.2) is 6.71 Å². The van der Waals surface area contributed by atoms with Crippen molar-refractivity contribution >= 4 is 6.71 Å². The van der Waals surface area contributed by atoms with E-state index in [2.05, 4.69) is 60.5 Å². The van der Waals surface area contributed by atoms with Crippen LogP contribution in [0.25, 0.3) is 0 Å². The number of unbranched alkanes of at least 4 members (excludes halogenated alkanes) is 4. The van der Waals surface area contributed by atoms with Crippen molar-refractivity contribution in [1.82, 2.24) is 0 Å². The van der Waals surface area contributed by atoms with Gasteiger partial charge in [-0.15, -0.1) is 5.98 Å². The summed E-state index contributed by atoms with van der Waals surface area (Å²) in [4.78, 5) is 0. The zero-order valence-electron chi connectivity index (χ0n) is 14.6. The Hall–Kier alpha value is -0.195. The lowest BCUT2D eigenvalue weighted by Gasteiger charge is -2.29. The van der Waals surface area contributed by atoms with Gasteiger partial charge in [-0.25, -0.2) is 0 Å². The van der Waals surface area contributed by atoms with E-state index in [1.807, 2.05) is 0 Å². The first-order valence-corrected chi connectivity index (χ1v) is 8.58. The smallest absolute Gasteiger partial charge is 0.118 e. The topological polar surface area (TPSA) is 0 Å². The molecule has 0 rings (SSSR count). The Morgan fingerprint density at radius 1 is 0.789 bits per heavy atom. The van der Waals surface area contributed by atoms with E-state index in [-0.39, 0.29) is 0 Å². The first-order chi connectivity index (χ1) is 8.91. The Labute approximate surface area is 123 Å². The molecule has 19 heavy (non-hydrogen) atoms. The maximum atomic E-state index is 2.53. The molecule has 2 atom stereocenters. The second kappa shape index (κ2) is 10.6. The first-order valence-electron chi connectivity index (χ1n) is 8.58. The molecule has 0 aliphatic rings. The van der Waals surface area contributed by atoms with Gasteiger partial charge in [-0.1, -0.05) is 97.3 Å². The maximum absolute atomic E-state index is 2.53. The van der Waals surface area contributed by atoms with Crippen LogP contribution in [0.15, 0.2) is 12.1 Å². The van der Waals surface area contributed by atoms with Crippen LogP contribution in [0.4, 0.5) is 0 Å². The molecule has 0 aliphatic carbocycles. The SMILES string of the molecule is CCCCCCC=CB(C(C)C(C)C)C(C)C(C)C. The minimum absolute atomic E-state index is 0.742. The maximum Gasteiger partial charge on any atom is 0.172 e. The van der Waals surface area contributed by atoms with Gasteiger partial charge >= 0.3 is 0 Å². The van der Waals surface area contributed by atoms with Gasteiger partial charge in [-0.2, -0.15) is 0 Å². The third-order valence-electron chi connectivity index (χ3n) is 4.90. The van der Waals surface area contributed by atoms with Gasteiger partial charge in [0.1, 0.15) is 0 Å². The summed E-state index contributed by atoms with van der Waals surface area (Å²) in [6.07, 6.45) is 9.21. The predicted molar refractivity (Wildman–Crippen MR) is 92.2 cm³/mol. The van der Waals surface area contributed by atoms with Gasteiger partial charge in [0.15, 0.2) is 6.71 Å². The van der Waals surface area contributed by atoms with Crippen molar-refractivity contribution in [3.8, 4) is 0 Å². The summed E-state index contributed by atoms with van der Waals surface area (Å²) >= 11 is 0. The van der Waals surface area contributed by atoms with Crippen molar-refractivity contribution in [2.75, 3.05) is 0 Å². The fraction of sp³-hybridized carbons (Fsp3) is 0.889. The molecular formula is C18H37B. The van der Waals surface area contributed by atoms with Gasteiger partial charge in [0.25, 0.3) is 0 Å². The van der Waals surface area contributed by atoms with Crippen LogP contribution in [0.1, 0.15) is 80.6 Å². The highest BCUT2D eigenvalue weighted by Crippen LogP contribution is 2.33. The second-order valence-corrected chi connectivity index (χ2v) is 7.06. The molecular weight excluding hydrogens is 227 g/mol. The van der Waals surface area contributed by atoms with Crippen molar-refractivity contribution in [3.63, 3.8) is 0 Å². The highest BCUT2D eigenvalue weighted by molar-refractivity contribution is 6.67. The van der Waals surface area contributed by atoms with E-state index in [1.54, 1.807) is 0 Å². The van der Waals surface area contributed by atoms with Crippen LogP contribution >= 0.6 is 0 Å². The fourth-order valence-corrected chi connectivity index (χ4v) is 2.66. The zero-order chi connectivity index (χ0) is 14.8. The Morgan fingerprint density at radius 2 is 1.32 bits per heavy atom. The first kappa shape index (κ1) is 18.8. The summed E-state index contributed by atoms with van der Waals surface area (Å²) in [7, 11) is 0. The number of allylic oxidation sites excluding steroid dienone is 1. The standard InChI is InChI=1S/C18H37B/c1-8-9-10-11-12-13-14-19(17(6)15(2)3)18(7)16(4)5/h13-18H,8-12H2,1-7H3. The van der Waals surface area contributed by atoms with E-state index in [1.165, 1.54) is 32.1 Å². The highest BCUT2D eigenvalue weighted by Gasteiger charge is 2.28. The van der Waals surface area contributed by atoms with Crippen LogP contribution < -0.4 is 0 Å². The molecule has 0 amide bonds. The van der Waals surface area contributed by atoms with E-state index in [9.17, 15) is 0 Å². The Balaban J connectivity index is 4.38. The van der Waals surface area contributed by atoms with Crippen molar-refractivity contribution < 1.29 is 0 Å². The summed E-state index contributed by atoms with van der Waals surface area (Å²) in [6, 6.07) is 0. The average Bonchev–Trinajstić information content (AvgIpc) is 2.36. The Kier molecular flexibility index (Phi) is 10.5. The van der Waals surface area contributed by atoms with E-state index in [0.29, 0.717) is 0 Å². The Bertz CT molecular complexity index is 216. The van der Waals surface area contributed by atoms with Crippen molar-refractivity contribution in [3.05, 3.63) is 12.1 Å². The van der Waals surface area contributed by atoms with E-state index >= 15 is 0 Å². The molecule has 0 saturated carbocycles. The molecule has 0 radical (unpaired) electrons. The molecule has 1 heteroatoms. The predicted octanol–water partition coefficient (Wildman–Crippen LogP) is 6.64. The van der Waals surface area contributed by atoms with Gasteiger partial charge in [-0.05, 0) is 12.8 Å². The molecule has 0 aliphatic heterocycles. The second-order valence-electron chi connectivity index (χ2n) is 7.06. The lowest BCUT2D eigenvalue weighted by atomic mass is 9.31. The van der Waals surface area contributed by atoms with Gasteiger partial charge in [-0.3, -0.25) is 0 Å². The van der Waals surface area contributed by atoms with Crippen LogP contribution in [-0.2, 0) is 0 Å². The largest absolute Gasteiger partial charge is 0.172 e. The van der Waals surface area contributed by atoms with E-state index in [0.717, 1.165) is 30.2 Å². The van der Waals surface area contributed by atoms with Gasteiger partial charge in [0.05, 0.1) is 0 Å². The normalized spacial score (nSPS) is 15.4. The number of hydrogen-bond donors (Lipinski definition) is 0. The van der Waals surface area contributed by atoms with Gasteiger partial charge in [0.2, 0.25) is 0 Å². The number of hydrogen-bond acceptors (Lipinski definition) is 0. The molecule has 2 unspecified atom stereocenters. The van der Waals surface area contributed by atoms with Gasteiger partial charge < -0.3 is 0 Å². The molecule has 0 aromatic carbocycles. The summed E-state index contributed by atoms with van der Waals surface area (Å²) in [5, 5.41) is 0. The third kappa shape index (κ3) is 7.85. The van der Waals surface area contributed by atoms with Crippen molar-refractivity contribution in [2.24, 2.45) is 11.8 Å². The zero-order valence-corrected chi connectivity index (χ0v) is 14.6. The fourth-order valence-electron chi connectivity index (χ4n) is 2.66. The third-order valence-corrected chi connectivity index (χ3v) is 4.90. The van der Waals surface area contributed by atoms with E-state index < -0.39 is 0 Å². The van der Waals surface area contributed by atoms with Crippen LogP contribution in [0.3, 0.4) is 0 Å². The molecule has 0 aromatic heterocycles. The quantitative estimate of drug-likeness (QED) is 0.306. The molecule has 0 fully saturated rings.